The van der Waals surface area contributed by atoms with E-state index in [9.17, 15) is 4.79 Å². The van der Waals surface area contributed by atoms with Crippen molar-refractivity contribution in [2.24, 2.45) is 5.92 Å². The van der Waals surface area contributed by atoms with Gasteiger partial charge >= 0.3 is 5.97 Å². The molecule has 2 aliphatic carbocycles. The van der Waals surface area contributed by atoms with E-state index in [1.807, 2.05) is 13.8 Å². The smallest absolute Gasteiger partial charge is 0.358 e. The minimum atomic E-state index is -0.287. The topological polar surface area (TPSA) is 42.4 Å². The zero-order valence-corrected chi connectivity index (χ0v) is 12.3. The van der Waals surface area contributed by atoms with Crippen molar-refractivity contribution in [3.05, 3.63) is 10.6 Å². The lowest BCUT2D eigenvalue weighted by Gasteiger charge is -2.20. The van der Waals surface area contributed by atoms with Gasteiger partial charge in [0.15, 0.2) is 10.8 Å². The number of thiazole rings is 1. The molecule has 3 rings (SSSR count). The first-order valence-electron chi connectivity index (χ1n) is 7.10. The van der Waals surface area contributed by atoms with Gasteiger partial charge in [-0.25, -0.2) is 9.78 Å². The first-order chi connectivity index (χ1) is 9.19. The van der Waals surface area contributed by atoms with Crippen LogP contribution in [0, 0.1) is 12.8 Å². The summed E-state index contributed by atoms with van der Waals surface area (Å²) in [5.74, 6) is 0.556. The molecule has 0 atom stereocenters. The summed E-state index contributed by atoms with van der Waals surface area (Å²) in [6, 6.07) is 0.654. The van der Waals surface area contributed by atoms with Crippen LogP contribution in [0.15, 0.2) is 0 Å². The number of hydrogen-bond acceptors (Lipinski definition) is 5. The predicted octanol–water partition coefficient (Wildman–Crippen LogP) is 3.01. The normalized spacial score (nSPS) is 18.4. The number of aromatic nitrogens is 1. The van der Waals surface area contributed by atoms with Crippen molar-refractivity contribution in [1.29, 1.82) is 0 Å². The Morgan fingerprint density at radius 2 is 2.16 bits per heavy atom. The van der Waals surface area contributed by atoms with E-state index in [4.69, 9.17) is 4.74 Å². The van der Waals surface area contributed by atoms with Crippen LogP contribution in [0.25, 0.3) is 0 Å². The largest absolute Gasteiger partial charge is 0.461 e. The average molecular weight is 280 g/mol. The molecule has 1 aromatic rings. The van der Waals surface area contributed by atoms with Gasteiger partial charge in [0.2, 0.25) is 0 Å². The van der Waals surface area contributed by atoms with Gasteiger partial charge in [-0.1, -0.05) is 0 Å². The van der Waals surface area contributed by atoms with Crippen LogP contribution in [-0.4, -0.2) is 30.1 Å². The summed E-state index contributed by atoms with van der Waals surface area (Å²) in [5.41, 5.74) is 0.503. The van der Waals surface area contributed by atoms with Crippen LogP contribution in [-0.2, 0) is 4.74 Å². The summed E-state index contributed by atoms with van der Waals surface area (Å²) in [4.78, 5) is 19.7. The van der Waals surface area contributed by atoms with Crippen LogP contribution >= 0.6 is 11.3 Å². The molecule has 104 valence electrons. The Bertz CT molecular complexity index is 478. The summed E-state index contributed by atoms with van der Waals surface area (Å²) in [6.45, 7) is 5.29. The maximum absolute atomic E-state index is 11.8. The molecule has 2 fully saturated rings. The first kappa shape index (κ1) is 12.9. The molecule has 0 aromatic carbocycles. The second-order valence-corrected chi connectivity index (χ2v) is 6.63. The standard InChI is InChI=1S/C14H20N2O2S/c1-3-18-13(17)12-9(2)19-14(15-12)16(11-6-7-11)8-10-4-5-10/h10-11H,3-8H2,1-2H3. The maximum atomic E-state index is 11.8. The fourth-order valence-corrected chi connectivity index (χ4v) is 3.22. The molecule has 0 saturated heterocycles. The van der Waals surface area contributed by atoms with E-state index in [1.54, 1.807) is 11.3 Å². The minimum absolute atomic E-state index is 0.287. The lowest BCUT2D eigenvalue weighted by molar-refractivity contribution is 0.0519. The molecule has 4 nitrogen and oxygen atoms in total. The van der Waals surface area contributed by atoms with Crippen molar-refractivity contribution in [3.63, 3.8) is 0 Å². The molecule has 0 radical (unpaired) electrons. The van der Waals surface area contributed by atoms with Crippen LogP contribution in [0.2, 0.25) is 0 Å². The lowest BCUT2D eigenvalue weighted by Crippen LogP contribution is -2.28. The zero-order valence-electron chi connectivity index (χ0n) is 11.5. The van der Waals surface area contributed by atoms with Gasteiger partial charge < -0.3 is 9.64 Å². The second kappa shape index (κ2) is 5.12. The quantitative estimate of drug-likeness (QED) is 0.751. The van der Waals surface area contributed by atoms with E-state index in [-0.39, 0.29) is 5.97 Å². The van der Waals surface area contributed by atoms with Gasteiger partial charge in [0.05, 0.1) is 6.61 Å². The fraction of sp³-hybridized carbons (Fsp3) is 0.714. The Labute approximate surface area is 117 Å². The third kappa shape index (κ3) is 2.91. The van der Waals surface area contributed by atoms with Gasteiger partial charge in [-0.2, -0.15) is 0 Å². The highest BCUT2D eigenvalue weighted by atomic mass is 32.1. The Morgan fingerprint density at radius 3 is 2.74 bits per heavy atom. The average Bonchev–Trinajstić information content (AvgIpc) is 3.25. The number of ether oxygens (including phenoxy) is 1. The van der Waals surface area contributed by atoms with Gasteiger partial charge in [-0.3, -0.25) is 0 Å². The van der Waals surface area contributed by atoms with E-state index in [2.05, 4.69) is 9.88 Å². The molecular formula is C14H20N2O2S. The molecule has 2 aliphatic rings. The van der Waals surface area contributed by atoms with Crippen LogP contribution in [0.3, 0.4) is 0 Å². The summed E-state index contributed by atoms with van der Waals surface area (Å²) in [7, 11) is 0. The molecule has 0 unspecified atom stereocenters. The number of nitrogens with zero attached hydrogens (tertiary/aromatic N) is 2. The monoisotopic (exact) mass is 280 g/mol. The molecular weight excluding hydrogens is 260 g/mol. The first-order valence-corrected chi connectivity index (χ1v) is 7.92. The van der Waals surface area contributed by atoms with E-state index in [0.717, 1.165) is 22.5 Å². The molecule has 0 aliphatic heterocycles. The Hall–Kier alpha value is -1.10. The number of carbonyl (C=O) groups excluding carboxylic acids is 1. The van der Waals surface area contributed by atoms with Gasteiger partial charge in [-0.15, -0.1) is 11.3 Å². The SMILES string of the molecule is CCOC(=O)c1nc(N(CC2CC2)C2CC2)sc1C. The number of anilines is 1. The van der Waals surface area contributed by atoms with Crippen LogP contribution in [0.5, 0.6) is 0 Å². The van der Waals surface area contributed by atoms with Crippen molar-refractivity contribution in [1.82, 2.24) is 4.98 Å². The van der Waals surface area contributed by atoms with Crippen LogP contribution in [0.4, 0.5) is 5.13 Å². The van der Waals surface area contributed by atoms with Crippen molar-refractivity contribution in [3.8, 4) is 0 Å². The number of carbonyl (C=O) groups is 1. The molecule has 0 bridgehead atoms. The van der Waals surface area contributed by atoms with Gasteiger partial charge in [-0.05, 0) is 45.4 Å². The molecule has 2 saturated carbocycles. The predicted molar refractivity (Wildman–Crippen MR) is 75.9 cm³/mol. The van der Waals surface area contributed by atoms with Crippen molar-refractivity contribution >= 4 is 22.4 Å². The second-order valence-electron chi connectivity index (χ2n) is 5.45. The number of rotatable bonds is 6. The molecule has 0 amide bonds. The lowest BCUT2D eigenvalue weighted by atomic mass is 10.3. The van der Waals surface area contributed by atoms with Crippen LogP contribution in [0.1, 0.15) is 48.0 Å². The van der Waals surface area contributed by atoms with Gasteiger partial charge in [0.25, 0.3) is 0 Å². The number of aryl methyl sites for hydroxylation is 1. The molecule has 0 N–H and O–H groups in total. The third-order valence-electron chi connectivity index (χ3n) is 3.64. The summed E-state index contributed by atoms with van der Waals surface area (Å²) >= 11 is 1.63. The highest BCUT2D eigenvalue weighted by molar-refractivity contribution is 7.15. The third-order valence-corrected chi connectivity index (χ3v) is 4.65. The number of esters is 1. The van der Waals surface area contributed by atoms with E-state index >= 15 is 0 Å². The zero-order chi connectivity index (χ0) is 13.4. The van der Waals surface area contributed by atoms with E-state index < -0.39 is 0 Å². The van der Waals surface area contributed by atoms with Gasteiger partial charge in [0, 0.05) is 17.5 Å². The highest BCUT2D eigenvalue weighted by Gasteiger charge is 2.35. The maximum Gasteiger partial charge on any atom is 0.358 e. The van der Waals surface area contributed by atoms with Crippen LogP contribution < -0.4 is 4.90 Å². The van der Waals surface area contributed by atoms with E-state index in [1.165, 1.54) is 25.7 Å². The Kier molecular flexibility index (Phi) is 3.48. The Morgan fingerprint density at radius 1 is 1.42 bits per heavy atom. The number of hydrogen-bond donors (Lipinski definition) is 0. The molecule has 1 heterocycles. The molecule has 1 aromatic heterocycles. The van der Waals surface area contributed by atoms with Crippen molar-refractivity contribution in [2.45, 2.75) is 45.6 Å². The molecule has 5 heteroatoms. The summed E-state index contributed by atoms with van der Waals surface area (Å²) < 4.78 is 5.06. The fourth-order valence-electron chi connectivity index (χ4n) is 2.24. The molecule has 0 spiro atoms. The van der Waals surface area contributed by atoms with Crippen molar-refractivity contribution < 1.29 is 9.53 Å². The summed E-state index contributed by atoms with van der Waals surface area (Å²) in [6.07, 6.45) is 5.22. The van der Waals surface area contributed by atoms with E-state index in [0.29, 0.717) is 18.3 Å². The molecule has 19 heavy (non-hydrogen) atoms. The highest BCUT2D eigenvalue weighted by Crippen LogP contribution is 2.39. The van der Waals surface area contributed by atoms with Crippen molar-refractivity contribution in [2.75, 3.05) is 18.1 Å². The Balaban J connectivity index is 1.78. The minimum Gasteiger partial charge on any atom is -0.461 e. The summed E-state index contributed by atoms with van der Waals surface area (Å²) in [5, 5.41) is 1.01. The van der Waals surface area contributed by atoms with Gasteiger partial charge in [0.1, 0.15) is 0 Å².